The summed E-state index contributed by atoms with van der Waals surface area (Å²) in [4.78, 5) is 24.9. The predicted octanol–water partition coefficient (Wildman–Crippen LogP) is 1.58. The van der Waals surface area contributed by atoms with Crippen LogP contribution in [0.4, 0.5) is 5.69 Å². The molecule has 2 aromatic rings. The van der Waals surface area contributed by atoms with Crippen LogP contribution in [-0.4, -0.2) is 47.5 Å². The molecule has 2 fully saturated rings. The van der Waals surface area contributed by atoms with Crippen LogP contribution in [0.3, 0.4) is 0 Å². The lowest BCUT2D eigenvalue weighted by atomic mass is 10.0. The van der Waals surface area contributed by atoms with Crippen molar-refractivity contribution < 1.29 is 9.53 Å². The van der Waals surface area contributed by atoms with Crippen LogP contribution >= 0.6 is 0 Å². The molecule has 0 radical (unpaired) electrons. The molecule has 0 unspecified atom stereocenters. The Kier molecular flexibility index (Phi) is 3.90. The highest BCUT2D eigenvalue weighted by Crippen LogP contribution is 2.35. The number of methoxy groups -OCH3 is 1. The third kappa shape index (κ3) is 2.73. The predicted molar refractivity (Wildman–Crippen MR) is 89.6 cm³/mol. The van der Waals surface area contributed by atoms with Crippen LogP contribution in [-0.2, 0) is 11.3 Å². The number of aromatic nitrogens is 2. The van der Waals surface area contributed by atoms with Crippen molar-refractivity contribution in [2.75, 3.05) is 31.6 Å². The van der Waals surface area contributed by atoms with Crippen molar-refractivity contribution >= 4 is 11.6 Å². The minimum atomic E-state index is 0.0865. The van der Waals surface area contributed by atoms with Crippen LogP contribution in [0.5, 0.6) is 5.75 Å². The van der Waals surface area contributed by atoms with Crippen LogP contribution in [0, 0.1) is 11.8 Å². The van der Waals surface area contributed by atoms with Gasteiger partial charge in [0.05, 0.1) is 31.1 Å². The van der Waals surface area contributed by atoms with E-state index in [0.29, 0.717) is 5.92 Å². The maximum atomic E-state index is 12.7. The first-order valence-electron chi connectivity index (χ1n) is 8.16. The molecule has 2 atom stereocenters. The van der Waals surface area contributed by atoms with Gasteiger partial charge in [0.15, 0.2) is 0 Å². The minimum absolute atomic E-state index is 0.0865. The van der Waals surface area contributed by atoms with E-state index in [1.54, 1.807) is 19.5 Å². The Morgan fingerprint density at radius 1 is 1.12 bits per heavy atom. The lowest BCUT2D eigenvalue weighted by molar-refractivity contribution is -0.120. The number of carbonyl (C=O) groups is 1. The van der Waals surface area contributed by atoms with Gasteiger partial charge < -0.3 is 9.64 Å². The molecule has 1 aromatic carbocycles. The molecular formula is C18H20N4O2. The smallest absolute Gasteiger partial charge is 0.231 e. The summed E-state index contributed by atoms with van der Waals surface area (Å²) in [5.41, 5.74) is 2.05. The number of carbonyl (C=O) groups excluding carboxylic acids is 1. The summed E-state index contributed by atoms with van der Waals surface area (Å²) in [5, 5.41) is 0. The van der Waals surface area contributed by atoms with Crippen molar-refractivity contribution in [3.63, 3.8) is 0 Å². The Bertz CT molecular complexity index is 720. The number of likely N-dealkylation sites (tertiary alicyclic amines) is 1. The number of ether oxygens (including phenoxy) is 1. The van der Waals surface area contributed by atoms with Crippen molar-refractivity contribution in [1.29, 1.82) is 0 Å². The fourth-order valence-corrected chi connectivity index (χ4v) is 3.73. The number of fused-ring (bicyclic) bond motifs is 1. The summed E-state index contributed by atoms with van der Waals surface area (Å²) in [5.74, 6) is 1.54. The van der Waals surface area contributed by atoms with Crippen LogP contribution in [0.2, 0.25) is 0 Å². The number of anilines is 1. The van der Waals surface area contributed by atoms with Crippen LogP contribution in [0.1, 0.15) is 5.56 Å². The second-order valence-corrected chi connectivity index (χ2v) is 6.45. The van der Waals surface area contributed by atoms with E-state index in [0.717, 1.165) is 37.6 Å². The largest absolute Gasteiger partial charge is 0.497 e. The molecule has 0 N–H and O–H groups in total. The first-order valence-corrected chi connectivity index (χ1v) is 8.16. The van der Waals surface area contributed by atoms with Gasteiger partial charge in [-0.25, -0.2) is 9.97 Å². The Morgan fingerprint density at radius 3 is 2.54 bits per heavy atom. The molecule has 2 aliphatic heterocycles. The topological polar surface area (TPSA) is 58.6 Å². The molecular weight excluding hydrogens is 304 g/mol. The van der Waals surface area contributed by atoms with Gasteiger partial charge in [0.25, 0.3) is 0 Å². The number of rotatable bonds is 4. The molecule has 6 heteroatoms. The van der Waals surface area contributed by atoms with E-state index < -0.39 is 0 Å². The normalized spacial score (nSPS) is 23.5. The average molecular weight is 324 g/mol. The number of hydrogen-bond acceptors (Lipinski definition) is 5. The molecule has 124 valence electrons. The molecule has 1 amide bonds. The van der Waals surface area contributed by atoms with E-state index in [2.05, 4.69) is 27.0 Å². The monoisotopic (exact) mass is 324 g/mol. The van der Waals surface area contributed by atoms with Crippen molar-refractivity contribution in [2.24, 2.45) is 11.8 Å². The maximum absolute atomic E-state index is 12.7. The number of nitrogens with zero attached hydrogens (tertiary/aromatic N) is 4. The highest BCUT2D eigenvalue weighted by molar-refractivity contribution is 5.97. The zero-order chi connectivity index (χ0) is 16.5. The van der Waals surface area contributed by atoms with Gasteiger partial charge in [-0.15, -0.1) is 0 Å². The van der Waals surface area contributed by atoms with E-state index >= 15 is 0 Å². The summed E-state index contributed by atoms with van der Waals surface area (Å²) in [6, 6.07) is 8.13. The molecule has 3 heterocycles. The molecule has 4 rings (SSSR count). The minimum Gasteiger partial charge on any atom is -0.497 e. The lowest BCUT2D eigenvalue weighted by Gasteiger charge is -2.21. The summed E-state index contributed by atoms with van der Waals surface area (Å²) in [7, 11) is 1.67. The van der Waals surface area contributed by atoms with Crippen LogP contribution in [0.15, 0.2) is 43.0 Å². The molecule has 0 bridgehead atoms. The van der Waals surface area contributed by atoms with Gasteiger partial charge in [-0.2, -0.15) is 0 Å². The summed E-state index contributed by atoms with van der Waals surface area (Å²) >= 11 is 0. The van der Waals surface area contributed by atoms with E-state index in [9.17, 15) is 4.79 Å². The van der Waals surface area contributed by atoms with E-state index in [1.807, 2.05) is 17.0 Å². The van der Waals surface area contributed by atoms with Crippen molar-refractivity contribution in [1.82, 2.24) is 14.9 Å². The van der Waals surface area contributed by atoms with Gasteiger partial charge in [0.2, 0.25) is 5.91 Å². The fourth-order valence-electron chi connectivity index (χ4n) is 3.73. The molecule has 2 saturated heterocycles. The Balaban J connectivity index is 1.40. The van der Waals surface area contributed by atoms with E-state index in [1.165, 1.54) is 11.9 Å². The summed E-state index contributed by atoms with van der Waals surface area (Å²) < 4.78 is 5.19. The SMILES string of the molecule is COc1ccc(CN2C[C@H]3CN(c4cncnc4)C(=O)[C@H]3C2)cc1. The fraction of sp³-hybridized carbons (Fsp3) is 0.389. The van der Waals surface area contributed by atoms with Gasteiger partial charge in [0.1, 0.15) is 12.1 Å². The highest BCUT2D eigenvalue weighted by Gasteiger charge is 2.46. The molecule has 0 spiro atoms. The number of hydrogen-bond donors (Lipinski definition) is 0. The van der Waals surface area contributed by atoms with Gasteiger partial charge in [-0.1, -0.05) is 12.1 Å². The van der Waals surface area contributed by atoms with Crippen LogP contribution < -0.4 is 9.64 Å². The van der Waals surface area contributed by atoms with Gasteiger partial charge in [0, 0.05) is 32.1 Å². The summed E-state index contributed by atoms with van der Waals surface area (Å²) in [6.07, 6.45) is 4.91. The van der Waals surface area contributed by atoms with E-state index in [4.69, 9.17) is 4.74 Å². The quantitative estimate of drug-likeness (QED) is 0.855. The lowest BCUT2D eigenvalue weighted by Crippen LogP contribution is -2.32. The maximum Gasteiger partial charge on any atom is 0.231 e. The number of amides is 1. The second kappa shape index (κ2) is 6.20. The molecule has 2 aliphatic rings. The highest BCUT2D eigenvalue weighted by atomic mass is 16.5. The van der Waals surface area contributed by atoms with Gasteiger partial charge in [-0.3, -0.25) is 9.69 Å². The third-order valence-electron chi connectivity index (χ3n) is 4.94. The average Bonchev–Trinajstić information content (AvgIpc) is 3.15. The second-order valence-electron chi connectivity index (χ2n) is 6.45. The van der Waals surface area contributed by atoms with E-state index in [-0.39, 0.29) is 11.8 Å². The molecule has 0 saturated carbocycles. The number of benzene rings is 1. The van der Waals surface area contributed by atoms with Crippen molar-refractivity contribution in [2.45, 2.75) is 6.54 Å². The third-order valence-corrected chi connectivity index (χ3v) is 4.94. The van der Waals surface area contributed by atoms with Crippen molar-refractivity contribution in [3.05, 3.63) is 48.5 Å². The van der Waals surface area contributed by atoms with Crippen LogP contribution in [0.25, 0.3) is 0 Å². The Labute approximate surface area is 141 Å². The van der Waals surface area contributed by atoms with Gasteiger partial charge in [-0.05, 0) is 17.7 Å². The zero-order valence-electron chi connectivity index (χ0n) is 13.6. The first-order chi connectivity index (χ1) is 11.7. The van der Waals surface area contributed by atoms with Crippen molar-refractivity contribution in [3.8, 4) is 5.75 Å². The summed E-state index contributed by atoms with van der Waals surface area (Å²) in [6.45, 7) is 3.40. The van der Waals surface area contributed by atoms with Gasteiger partial charge >= 0.3 is 0 Å². The first kappa shape index (κ1) is 15.1. The molecule has 1 aromatic heterocycles. The molecule has 0 aliphatic carbocycles. The Hall–Kier alpha value is -2.47. The molecule has 24 heavy (non-hydrogen) atoms. The Morgan fingerprint density at radius 2 is 1.88 bits per heavy atom. The zero-order valence-corrected chi connectivity index (χ0v) is 13.6. The standard InChI is InChI=1S/C18H20N4O2/c1-24-16-4-2-13(3-5-16)8-21-9-14-10-22(18(23)17(14)11-21)15-6-19-12-20-7-15/h2-7,12,14,17H,8-11H2,1H3/t14-,17-/m0/s1. The molecule has 6 nitrogen and oxygen atoms in total.